The number of aliphatic hydroxyl groups excluding tert-OH is 4. The van der Waals surface area contributed by atoms with Crippen LogP contribution >= 0.6 is 0 Å². The van der Waals surface area contributed by atoms with Crippen LogP contribution in [0.15, 0.2) is 59.7 Å². The normalized spacial score (nSPS) is 34.7. The molecule has 250 valence electrons. The molecule has 0 bridgehead atoms. The molecule has 0 aromatic heterocycles. The second-order valence-corrected chi connectivity index (χ2v) is 11.9. The Kier molecular flexibility index (Phi) is 10.0. The molecule has 2 aromatic carbocycles. The van der Waals surface area contributed by atoms with Gasteiger partial charge in [-0.05, 0) is 80.5 Å². The number of amides is 1. The molecular formula is C32H39FN2O11. The lowest BCUT2D eigenvalue weighted by atomic mass is 9.83. The van der Waals surface area contributed by atoms with Crippen molar-refractivity contribution in [2.24, 2.45) is 0 Å². The number of anilines is 1. The van der Waals surface area contributed by atoms with Crippen molar-refractivity contribution in [3.63, 3.8) is 0 Å². The predicted molar refractivity (Wildman–Crippen MR) is 161 cm³/mol. The minimum Gasteiger partial charge on any atom is -0.490 e. The summed E-state index contributed by atoms with van der Waals surface area (Å²) in [5.41, 5.74) is 5.88. The summed E-state index contributed by atoms with van der Waals surface area (Å²) in [6.07, 6.45) is -6.30. The van der Waals surface area contributed by atoms with Gasteiger partial charge in [0, 0.05) is 5.57 Å². The Morgan fingerprint density at radius 3 is 2.41 bits per heavy atom. The number of rotatable bonds is 9. The molecule has 1 amide bonds. The fourth-order valence-electron chi connectivity index (χ4n) is 5.63. The molecule has 2 saturated heterocycles. The average molecular weight is 647 g/mol. The molecule has 14 heteroatoms. The van der Waals surface area contributed by atoms with Gasteiger partial charge in [-0.2, -0.15) is 0 Å². The molecule has 0 radical (unpaired) electrons. The van der Waals surface area contributed by atoms with E-state index in [1.54, 1.807) is 19.1 Å². The lowest BCUT2D eigenvalue weighted by molar-refractivity contribution is -0.155. The summed E-state index contributed by atoms with van der Waals surface area (Å²) in [6, 6.07) is 9.00. The number of benzene rings is 2. The summed E-state index contributed by atoms with van der Waals surface area (Å²) in [5, 5.41) is 55.9. The summed E-state index contributed by atoms with van der Waals surface area (Å²) in [6.45, 7) is 4.59. The number of hydrogen-bond acceptors (Lipinski definition) is 12. The first-order valence-corrected chi connectivity index (χ1v) is 14.7. The van der Waals surface area contributed by atoms with Gasteiger partial charge in [0.05, 0.1) is 11.7 Å². The van der Waals surface area contributed by atoms with Crippen LogP contribution in [0.25, 0.3) is 6.08 Å². The van der Waals surface area contributed by atoms with Crippen LogP contribution in [0.3, 0.4) is 0 Å². The van der Waals surface area contributed by atoms with E-state index in [2.05, 4.69) is 5.32 Å². The van der Waals surface area contributed by atoms with Crippen molar-refractivity contribution >= 4 is 17.7 Å². The van der Waals surface area contributed by atoms with Gasteiger partial charge in [-0.25, -0.2) is 4.39 Å². The number of nitrogens with one attached hydrogen (secondary N) is 1. The number of fused-ring (bicyclic) bond motifs is 1. The third-order valence-corrected chi connectivity index (χ3v) is 8.46. The molecule has 1 saturated carbocycles. The van der Waals surface area contributed by atoms with Gasteiger partial charge in [0.15, 0.2) is 5.60 Å². The standard InChI is InChI=1S/C32H39FN2O11/c1-15(10-11-42-19-7-5-18(33)6-8-19)26-29(39)32(3,41)31(46-26)45-21-9-4-17(13-20(21)34)12-16(2)30(40)35-22-23(36)25(38)28-27(24(22)37)43-14-44-28/h4-10,12-13,22-29,31,36-39,41H,11,14,34H2,1-3H3,(H,35,40)/t22-,23+,24-,25-,26-,27+,28-,29-,31-,32+/m1/s1. The molecule has 2 aromatic rings. The Morgan fingerprint density at radius 2 is 1.74 bits per heavy atom. The fourth-order valence-corrected chi connectivity index (χ4v) is 5.63. The lowest BCUT2D eigenvalue weighted by Crippen LogP contribution is -2.67. The Balaban J connectivity index is 1.20. The summed E-state index contributed by atoms with van der Waals surface area (Å²) in [5.74, 6) is -0.359. The number of carbonyl (C=O) groups is 1. The summed E-state index contributed by atoms with van der Waals surface area (Å²) in [4.78, 5) is 12.9. The second-order valence-electron chi connectivity index (χ2n) is 11.9. The predicted octanol–water partition coefficient (Wildman–Crippen LogP) is 0.375. The molecule has 13 nitrogen and oxygen atoms in total. The molecule has 3 aliphatic rings. The Morgan fingerprint density at radius 1 is 1.07 bits per heavy atom. The van der Waals surface area contributed by atoms with E-state index in [0.717, 1.165) is 0 Å². The number of aliphatic hydroxyl groups is 5. The zero-order valence-electron chi connectivity index (χ0n) is 25.4. The zero-order valence-corrected chi connectivity index (χ0v) is 25.4. The fraction of sp³-hybridized carbons (Fsp3) is 0.469. The quantitative estimate of drug-likeness (QED) is 0.112. The topological polar surface area (TPSA) is 202 Å². The van der Waals surface area contributed by atoms with Crippen LogP contribution in [0.4, 0.5) is 10.1 Å². The monoisotopic (exact) mass is 646 g/mol. The van der Waals surface area contributed by atoms with Crippen molar-refractivity contribution < 1.29 is 58.4 Å². The van der Waals surface area contributed by atoms with Crippen molar-refractivity contribution in [1.82, 2.24) is 5.32 Å². The van der Waals surface area contributed by atoms with Crippen LogP contribution in [-0.2, 0) is 19.0 Å². The Bertz CT molecular complexity index is 1470. The molecule has 2 heterocycles. The van der Waals surface area contributed by atoms with Gasteiger partial charge in [-0.1, -0.05) is 6.07 Å². The highest BCUT2D eigenvalue weighted by molar-refractivity contribution is 5.97. The third kappa shape index (κ3) is 6.89. The average Bonchev–Trinajstić information content (AvgIpc) is 3.60. The number of nitrogens with two attached hydrogens (primary N) is 1. The molecular weight excluding hydrogens is 607 g/mol. The summed E-state index contributed by atoms with van der Waals surface area (Å²) >= 11 is 0. The van der Waals surface area contributed by atoms with Crippen LogP contribution in [0.5, 0.6) is 11.5 Å². The van der Waals surface area contributed by atoms with Gasteiger partial charge >= 0.3 is 0 Å². The van der Waals surface area contributed by atoms with E-state index >= 15 is 0 Å². The van der Waals surface area contributed by atoms with Gasteiger partial charge in [-0.15, -0.1) is 0 Å². The second kappa shape index (κ2) is 13.6. The molecule has 10 atom stereocenters. The maximum atomic E-state index is 13.1. The number of halogens is 1. The van der Waals surface area contributed by atoms with Crippen molar-refractivity contribution in [2.75, 3.05) is 19.1 Å². The highest BCUT2D eigenvalue weighted by atomic mass is 19.1. The van der Waals surface area contributed by atoms with Crippen LogP contribution in [-0.4, -0.2) is 106 Å². The highest BCUT2D eigenvalue weighted by Crippen LogP contribution is 2.37. The molecule has 5 rings (SSSR count). The van der Waals surface area contributed by atoms with Crippen LogP contribution in [0.1, 0.15) is 26.3 Å². The molecule has 0 unspecified atom stereocenters. The first kappa shape index (κ1) is 33.8. The largest absolute Gasteiger partial charge is 0.490 e. The summed E-state index contributed by atoms with van der Waals surface area (Å²) < 4.78 is 41.0. The molecule has 0 spiro atoms. The van der Waals surface area contributed by atoms with Crippen LogP contribution in [0, 0.1) is 5.82 Å². The molecule has 2 aliphatic heterocycles. The zero-order chi connectivity index (χ0) is 33.3. The van der Waals surface area contributed by atoms with Crippen LogP contribution < -0.4 is 20.5 Å². The van der Waals surface area contributed by atoms with E-state index in [4.69, 9.17) is 29.4 Å². The number of nitrogen functional groups attached to an aromatic ring is 1. The van der Waals surface area contributed by atoms with E-state index in [1.165, 1.54) is 56.3 Å². The minimum absolute atomic E-state index is 0.116. The third-order valence-electron chi connectivity index (χ3n) is 8.46. The van der Waals surface area contributed by atoms with E-state index in [9.17, 15) is 34.7 Å². The number of ether oxygens (including phenoxy) is 5. The van der Waals surface area contributed by atoms with Crippen molar-refractivity contribution in [3.8, 4) is 11.5 Å². The maximum absolute atomic E-state index is 13.1. The van der Waals surface area contributed by atoms with Crippen molar-refractivity contribution in [2.45, 2.75) is 81.4 Å². The number of hydrogen-bond donors (Lipinski definition) is 7. The lowest BCUT2D eigenvalue weighted by Gasteiger charge is -2.41. The smallest absolute Gasteiger partial charge is 0.247 e. The Labute approximate surface area is 264 Å². The van der Waals surface area contributed by atoms with Gasteiger partial charge in [-0.3, -0.25) is 4.79 Å². The molecule has 46 heavy (non-hydrogen) atoms. The summed E-state index contributed by atoms with van der Waals surface area (Å²) in [7, 11) is 0. The van der Waals surface area contributed by atoms with E-state index < -0.39 is 66.6 Å². The van der Waals surface area contributed by atoms with Gasteiger partial charge < -0.3 is 60.3 Å². The molecule has 3 fully saturated rings. The first-order valence-electron chi connectivity index (χ1n) is 14.7. The van der Waals surface area contributed by atoms with Crippen molar-refractivity contribution in [3.05, 3.63) is 71.1 Å². The van der Waals surface area contributed by atoms with E-state index in [1.807, 2.05) is 0 Å². The van der Waals surface area contributed by atoms with Gasteiger partial charge in [0.2, 0.25) is 12.2 Å². The van der Waals surface area contributed by atoms with E-state index in [-0.39, 0.29) is 36.2 Å². The van der Waals surface area contributed by atoms with Crippen LogP contribution in [0.2, 0.25) is 0 Å². The van der Waals surface area contributed by atoms with Crippen molar-refractivity contribution in [1.29, 1.82) is 0 Å². The number of carbonyl (C=O) groups excluding carboxylic acids is 1. The molecule has 8 N–H and O–H groups in total. The maximum Gasteiger partial charge on any atom is 0.247 e. The first-order chi connectivity index (χ1) is 21.8. The molecule has 1 aliphatic carbocycles. The van der Waals surface area contributed by atoms with E-state index in [0.29, 0.717) is 16.9 Å². The minimum atomic E-state index is -1.81. The van der Waals surface area contributed by atoms with Gasteiger partial charge in [0.25, 0.3) is 0 Å². The SMILES string of the molecule is CC(=Cc1ccc(O[C@@H]2O[C@H](C(C)=CCOc3ccc(F)cc3)[C@@H](O)[C@]2(C)O)c(N)c1)C(=O)N[C@@H]1[C@H](O)[C@@H](O)[C@H]2OCO[C@H]2[C@@H]1O. The Hall–Kier alpha value is -3.60. The highest BCUT2D eigenvalue weighted by Gasteiger charge is 2.55. The van der Waals surface area contributed by atoms with Gasteiger partial charge in [0.1, 0.15) is 73.4 Å².